The maximum absolute atomic E-state index is 14.2. The standard InChI is InChI=1S/C18H22FNO/c1-3-20-13-15-6-9-17(18(19)12-15)16-7-4-14(5-8-16)10-11-21-2/h4-9,12,20H,3,10-11,13H2,1-2H3. The van der Waals surface area contributed by atoms with Gasteiger partial charge in [-0.1, -0.05) is 43.3 Å². The first-order valence-corrected chi connectivity index (χ1v) is 7.32. The van der Waals surface area contributed by atoms with E-state index in [2.05, 4.69) is 5.32 Å². The summed E-state index contributed by atoms with van der Waals surface area (Å²) in [6.45, 7) is 4.32. The van der Waals surface area contributed by atoms with Crippen LogP contribution in [0.4, 0.5) is 4.39 Å². The quantitative estimate of drug-likeness (QED) is 0.836. The lowest BCUT2D eigenvalue weighted by Gasteiger charge is -2.08. The Morgan fingerprint density at radius 1 is 1.05 bits per heavy atom. The third kappa shape index (κ3) is 4.38. The molecule has 0 unspecified atom stereocenters. The summed E-state index contributed by atoms with van der Waals surface area (Å²) < 4.78 is 19.3. The van der Waals surface area contributed by atoms with Gasteiger partial charge in [-0.2, -0.15) is 0 Å². The van der Waals surface area contributed by atoms with Crippen molar-refractivity contribution in [3.05, 3.63) is 59.4 Å². The molecule has 0 aliphatic rings. The highest BCUT2D eigenvalue weighted by Gasteiger charge is 2.06. The average Bonchev–Trinajstić information content (AvgIpc) is 2.52. The molecule has 0 amide bonds. The number of hydrogen-bond acceptors (Lipinski definition) is 2. The van der Waals surface area contributed by atoms with Gasteiger partial charge in [-0.15, -0.1) is 0 Å². The molecule has 0 heterocycles. The molecule has 2 aromatic rings. The SMILES string of the molecule is CCNCc1ccc(-c2ccc(CCOC)cc2)c(F)c1. The fourth-order valence-corrected chi connectivity index (χ4v) is 2.24. The van der Waals surface area contributed by atoms with Crippen LogP contribution in [0.15, 0.2) is 42.5 Å². The Morgan fingerprint density at radius 2 is 1.76 bits per heavy atom. The number of methoxy groups -OCH3 is 1. The van der Waals surface area contributed by atoms with Crippen LogP contribution >= 0.6 is 0 Å². The van der Waals surface area contributed by atoms with Crippen molar-refractivity contribution in [2.24, 2.45) is 0 Å². The van der Waals surface area contributed by atoms with Crippen molar-refractivity contribution >= 4 is 0 Å². The molecule has 21 heavy (non-hydrogen) atoms. The monoisotopic (exact) mass is 287 g/mol. The predicted molar refractivity (Wildman–Crippen MR) is 84.8 cm³/mol. The fraction of sp³-hybridized carbons (Fsp3) is 0.333. The Labute approximate surface area is 126 Å². The molecular weight excluding hydrogens is 265 g/mol. The molecule has 0 saturated heterocycles. The zero-order valence-corrected chi connectivity index (χ0v) is 12.7. The molecule has 0 aliphatic carbocycles. The topological polar surface area (TPSA) is 21.3 Å². The van der Waals surface area contributed by atoms with E-state index in [-0.39, 0.29) is 5.82 Å². The summed E-state index contributed by atoms with van der Waals surface area (Å²) in [5.41, 5.74) is 3.72. The van der Waals surface area contributed by atoms with Crippen molar-refractivity contribution in [1.82, 2.24) is 5.32 Å². The van der Waals surface area contributed by atoms with Crippen LogP contribution in [0, 0.1) is 5.82 Å². The highest BCUT2D eigenvalue weighted by atomic mass is 19.1. The minimum atomic E-state index is -0.171. The van der Waals surface area contributed by atoms with Crippen LogP contribution in [0.5, 0.6) is 0 Å². The van der Waals surface area contributed by atoms with Crippen LogP contribution < -0.4 is 5.32 Å². The van der Waals surface area contributed by atoms with Crippen LogP contribution in [0.1, 0.15) is 18.1 Å². The van der Waals surface area contributed by atoms with Crippen molar-refractivity contribution in [1.29, 1.82) is 0 Å². The van der Waals surface area contributed by atoms with Crippen LogP contribution in [-0.4, -0.2) is 20.3 Å². The lowest BCUT2D eigenvalue weighted by Crippen LogP contribution is -2.11. The molecule has 2 nitrogen and oxygen atoms in total. The summed E-state index contributed by atoms with van der Waals surface area (Å²) in [4.78, 5) is 0. The second-order valence-corrected chi connectivity index (χ2v) is 5.03. The summed E-state index contributed by atoms with van der Waals surface area (Å²) in [5, 5.41) is 3.20. The summed E-state index contributed by atoms with van der Waals surface area (Å²) in [7, 11) is 1.69. The molecule has 112 valence electrons. The zero-order valence-electron chi connectivity index (χ0n) is 12.7. The molecular formula is C18H22FNO. The van der Waals surface area contributed by atoms with Gasteiger partial charge in [-0.05, 0) is 35.7 Å². The van der Waals surface area contributed by atoms with E-state index >= 15 is 0 Å². The van der Waals surface area contributed by atoms with E-state index in [1.54, 1.807) is 13.2 Å². The summed E-state index contributed by atoms with van der Waals surface area (Å²) in [5.74, 6) is -0.171. The Bertz CT molecular complexity index is 566. The van der Waals surface area contributed by atoms with E-state index < -0.39 is 0 Å². The number of ether oxygens (including phenoxy) is 1. The van der Waals surface area contributed by atoms with Gasteiger partial charge in [-0.3, -0.25) is 0 Å². The minimum absolute atomic E-state index is 0.171. The van der Waals surface area contributed by atoms with E-state index in [0.29, 0.717) is 18.7 Å². The van der Waals surface area contributed by atoms with Gasteiger partial charge in [0.05, 0.1) is 6.61 Å². The summed E-state index contributed by atoms with van der Waals surface area (Å²) in [6, 6.07) is 13.4. The Hall–Kier alpha value is -1.71. The van der Waals surface area contributed by atoms with Gasteiger partial charge in [0, 0.05) is 19.2 Å². The van der Waals surface area contributed by atoms with E-state index in [1.807, 2.05) is 43.3 Å². The molecule has 0 fully saturated rings. The molecule has 2 rings (SSSR count). The molecule has 0 bridgehead atoms. The van der Waals surface area contributed by atoms with Gasteiger partial charge < -0.3 is 10.1 Å². The molecule has 2 aromatic carbocycles. The normalized spacial score (nSPS) is 10.8. The van der Waals surface area contributed by atoms with Gasteiger partial charge in [-0.25, -0.2) is 4.39 Å². The lowest BCUT2D eigenvalue weighted by atomic mass is 10.0. The van der Waals surface area contributed by atoms with Gasteiger partial charge in [0.2, 0.25) is 0 Å². The van der Waals surface area contributed by atoms with Crippen molar-refractivity contribution < 1.29 is 9.13 Å². The van der Waals surface area contributed by atoms with Crippen molar-refractivity contribution in [3.8, 4) is 11.1 Å². The van der Waals surface area contributed by atoms with E-state index in [4.69, 9.17) is 4.74 Å². The van der Waals surface area contributed by atoms with E-state index in [0.717, 1.165) is 24.1 Å². The minimum Gasteiger partial charge on any atom is -0.384 e. The van der Waals surface area contributed by atoms with Crippen molar-refractivity contribution in [2.45, 2.75) is 19.9 Å². The van der Waals surface area contributed by atoms with Gasteiger partial charge in [0.1, 0.15) is 5.82 Å². The summed E-state index contributed by atoms with van der Waals surface area (Å²) in [6.07, 6.45) is 0.876. The molecule has 0 saturated carbocycles. The first-order chi connectivity index (χ1) is 10.2. The molecule has 0 atom stereocenters. The summed E-state index contributed by atoms with van der Waals surface area (Å²) >= 11 is 0. The maximum Gasteiger partial charge on any atom is 0.131 e. The molecule has 0 radical (unpaired) electrons. The smallest absolute Gasteiger partial charge is 0.131 e. The average molecular weight is 287 g/mol. The maximum atomic E-state index is 14.2. The van der Waals surface area contributed by atoms with Crippen LogP contribution in [-0.2, 0) is 17.7 Å². The molecule has 0 aliphatic heterocycles. The number of rotatable bonds is 7. The van der Waals surface area contributed by atoms with Gasteiger partial charge in [0.25, 0.3) is 0 Å². The van der Waals surface area contributed by atoms with Gasteiger partial charge >= 0.3 is 0 Å². The number of hydrogen-bond donors (Lipinski definition) is 1. The van der Waals surface area contributed by atoms with Crippen molar-refractivity contribution in [3.63, 3.8) is 0 Å². The van der Waals surface area contributed by atoms with Crippen LogP contribution in [0.25, 0.3) is 11.1 Å². The third-order valence-electron chi connectivity index (χ3n) is 3.47. The molecule has 0 spiro atoms. The first-order valence-electron chi connectivity index (χ1n) is 7.32. The Kier molecular flexibility index (Phi) is 5.90. The molecule has 0 aromatic heterocycles. The van der Waals surface area contributed by atoms with E-state index in [1.165, 1.54) is 5.56 Å². The van der Waals surface area contributed by atoms with Crippen LogP contribution in [0.2, 0.25) is 0 Å². The molecule has 1 N–H and O–H groups in total. The molecule has 3 heteroatoms. The van der Waals surface area contributed by atoms with E-state index in [9.17, 15) is 4.39 Å². The Morgan fingerprint density at radius 3 is 2.38 bits per heavy atom. The lowest BCUT2D eigenvalue weighted by molar-refractivity contribution is 0.202. The second-order valence-electron chi connectivity index (χ2n) is 5.03. The zero-order chi connectivity index (χ0) is 15.1. The highest BCUT2D eigenvalue weighted by Crippen LogP contribution is 2.24. The third-order valence-corrected chi connectivity index (χ3v) is 3.47. The van der Waals surface area contributed by atoms with Gasteiger partial charge in [0.15, 0.2) is 0 Å². The number of benzene rings is 2. The largest absolute Gasteiger partial charge is 0.384 e. The highest BCUT2D eigenvalue weighted by molar-refractivity contribution is 5.64. The number of halogens is 1. The number of nitrogens with one attached hydrogen (secondary N) is 1. The fourth-order valence-electron chi connectivity index (χ4n) is 2.24. The Balaban J connectivity index is 2.13. The predicted octanol–water partition coefficient (Wildman–Crippen LogP) is 3.79. The van der Waals surface area contributed by atoms with Crippen LogP contribution in [0.3, 0.4) is 0 Å². The first kappa shape index (κ1) is 15.7. The second kappa shape index (κ2) is 7.91. The van der Waals surface area contributed by atoms with Crippen molar-refractivity contribution in [2.75, 3.05) is 20.3 Å².